The molecule has 0 aliphatic heterocycles. The van der Waals surface area contributed by atoms with Crippen molar-refractivity contribution >= 4 is 43.6 Å². The summed E-state index contributed by atoms with van der Waals surface area (Å²) in [6.45, 7) is 0. The molecule has 5 nitrogen and oxygen atoms in total. The number of para-hydroxylation sites is 2. The van der Waals surface area contributed by atoms with Gasteiger partial charge in [-0.3, -0.25) is 14.1 Å². The molecule has 9 aromatic rings. The van der Waals surface area contributed by atoms with Crippen LogP contribution < -0.4 is 0 Å². The second-order valence-corrected chi connectivity index (χ2v) is 10.9. The summed E-state index contributed by atoms with van der Waals surface area (Å²) in [5.74, 6) is 1.75. The molecule has 44 heavy (non-hydrogen) atoms. The standard InChI is InChI=1S/C39H25N5/c1-2-12-26(13-3-1)31-17-10-21-38(41-31)43-34-19-6-4-14-27(34)29-25-37-30(24-36(29)43)28-15-5-7-20-35(28)44(37)39-22-11-18-33(42-39)32-16-8-9-23-40-32/h1-25H. The Morgan fingerprint density at radius 3 is 1.50 bits per heavy atom. The lowest BCUT2D eigenvalue weighted by Gasteiger charge is -2.10. The van der Waals surface area contributed by atoms with Gasteiger partial charge in [-0.05, 0) is 60.7 Å². The summed E-state index contributed by atoms with van der Waals surface area (Å²) in [5.41, 5.74) is 8.21. The highest BCUT2D eigenvalue weighted by molar-refractivity contribution is 6.18. The third-order valence-corrected chi connectivity index (χ3v) is 8.39. The molecular formula is C39H25N5. The van der Waals surface area contributed by atoms with E-state index in [9.17, 15) is 0 Å². The molecule has 0 saturated heterocycles. The van der Waals surface area contributed by atoms with Gasteiger partial charge in [0, 0.05) is 33.3 Å². The minimum absolute atomic E-state index is 0.844. The summed E-state index contributed by atoms with van der Waals surface area (Å²) in [6.07, 6.45) is 1.81. The molecule has 0 spiro atoms. The Labute approximate surface area is 253 Å². The van der Waals surface area contributed by atoms with E-state index in [-0.39, 0.29) is 0 Å². The smallest absolute Gasteiger partial charge is 0.138 e. The Hall–Kier alpha value is -6.07. The molecule has 5 aromatic heterocycles. The van der Waals surface area contributed by atoms with Crippen LogP contribution in [0.1, 0.15) is 0 Å². The predicted octanol–water partition coefficient (Wildman–Crippen LogP) is 9.40. The molecule has 4 aromatic carbocycles. The van der Waals surface area contributed by atoms with E-state index in [1.165, 1.54) is 21.5 Å². The molecule has 0 atom stereocenters. The molecule has 0 bridgehead atoms. The minimum Gasteiger partial charge on any atom is -0.294 e. The maximum Gasteiger partial charge on any atom is 0.138 e. The maximum atomic E-state index is 5.16. The van der Waals surface area contributed by atoms with Crippen LogP contribution in [0.5, 0.6) is 0 Å². The summed E-state index contributed by atoms with van der Waals surface area (Å²) in [6, 6.07) is 50.5. The van der Waals surface area contributed by atoms with Crippen LogP contribution >= 0.6 is 0 Å². The number of pyridine rings is 3. The normalized spacial score (nSPS) is 11.6. The van der Waals surface area contributed by atoms with Crippen LogP contribution in [-0.4, -0.2) is 24.1 Å². The van der Waals surface area contributed by atoms with E-state index < -0.39 is 0 Å². The Kier molecular flexibility index (Phi) is 5.43. The lowest BCUT2D eigenvalue weighted by molar-refractivity contribution is 1.08. The van der Waals surface area contributed by atoms with Crippen LogP contribution in [0.2, 0.25) is 0 Å². The second-order valence-electron chi connectivity index (χ2n) is 10.9. The molecule has 0 aliphatic carbocycles. The average Bonchev–Trinajstić information content (AvgIpc) is 3.60. The van der Waals surface area contributed by atoms with Crippen molar-refractivity contribution in [1.82, 2.24) is 24.1 Å². The summed E-state index contributed by atoms with van der Waals surface area (Å²) < 4.78 is 4.57. The van der Waals surface area contributed by atoms with Gasteiger partial charge in [-0.2, -0.15) is 0 Å². The average molecular weight is 564 g/mol. The number of hydrogen-bond acceptors (Lipinski definition) is 3. The van der Waals surface area contributed by atoms with Crippen LogP contribution in [0.3, 0.4) is 0 Å². The van der Waals surface area contributed by atoms with Gasteiger partial charge >= 0.3 is 0 Å². The third kappa shape index (κ3) is 3.76. The summed E-state index contributed by atoms with van der Waals surface area (Å²) in [7, 11) is 0. The summed E-state index contributed by atoms with van der Waals surface area (Å²) >= 11 is 0. The highest BCUT2D eigenvalue weighted by atomic mass is 15.1. The van der Waals surface area contributed by atoms with E-state index in [0.29, 0.717) is 0 Å². The largest absolute Gasteiger partial charge is 0.294 e. The Morgan fingerprint density at radius 2 is 0.886 bits per heavy atom. The van der Waals surface area contributed by atoms with Gasteiger partial charge in [0.2, 0.25) is 0 Å². The van der Waals surface area contributed by atoms with Crippen LogP contribution in [0.4, 0.5) is 0 Å². The molecule has 0 aliphatic rings. The quantitative estimate of drug-likeness (QED) is 0.214. The molecule has 0 amide bonds. The fourth-order valence-electron chi connectivity index (χ4n) is 6.45. The van der Waals surface area contributed by atoms with Gasteiger partial charge in [-0.25, -0.2) is 9.97 Å². The first-order valence-electron chi connectivity index (χ1n) is 14.7. The molecule has 0 saturated carbocycles. The summed E-state index contributed by atoms with van der Waals surface area (Å²) in [5, 5.41) is 4.70. The first-order chi connectivity index (χ1) is 21.8. The van der Waals surface area contributed by atoms with Crippen molar-refractivity contribution in [2.45, 2.75) is 0 Å². The van der Waals surface area contributed by atoms with Gasteiger partial charge in [0.05, 0.1) is 39.1 Å². The van der Waals surface area contributed by atoms with E-state index in [4.69, 9.17) is 9.97 Å². The fraction of sp³-hybridized carbons (Fsp3) is 0. The van der Waals surface area contributed by atoms with Crippen molar-refractivity contribution in [2.24, 2.45) is 0 Å². The Morgan fingerprint density at radius 1 is 0.364 bits per heavy atom. The van der Waals surface area contributed by atoms with Crippen molar-refractivity contribution in [1.29, 1.82) is 0 Å². The molecule has 0 radical (unpaired) electrons. The molecule has 0 unspecified atom stereocenters. The Balaban J connectivity index is 1.34. The van der Waals surface area contributed by atoms with Gasteiger partial charge < -0.3 is 0 Å². The monoisotopic (exact) mass is 563 g/mol. The zero-order chi connectivity index (χ0) is 29.0. The fourth-order valence-corrected chi connectivity index (χ4v) is 6.45. The number of fused-ring (bicyclic) bond motifs is 6. The molecule has 5 heteroatoms. The number of nitrogens with zero attached hydrogens (tertiary/aromatic N) is 5. The van der Waals surface area contributed by atoms with Crippen LogP contribution in [0, 0.1) is 0 Å². The number of rotatable bonds is 4. The van der Waals surface area contributed by atoms with Crippen molar-refractivity contribution in [3.8, 4) is 34.3 Å². The van der Waals surface area contributed by atoms with Crippen LogP contribution in [0.15, 0.2) is 152 Å². The topological polar surface area (TPSA) is 48.5 Å². The van der Waals surface area contributed by atoms with Gasteiger partial charge in [0.15, 0.2) is 0 Å². The van der Waals surface area contributed by atoms with Crippen molar-refractivity contribution in [3.63, 3.8) is 0 Å². The zero-order valence-electron chi connectivity index (χ0n) is 23.7. The van der Waals surface area contributed by atoms with E-state index >= 15 is 0 Å². The van der Waals surface area contributed by atoms with E-state index in [1.54, 1.807) is 6.20 Å². The summed E-state index contributed by atoms with van der Waals surface area (Å²) in [4.78, 5) is 14.8. The van der Waals surface area contributed by atoms with Gasteiger partial charge in [-0.1, -0.05) is 84.9 Å². The SMILES string of the molecule is c1ccc(-c2cccc(-n3c4ccccc4c4cc5c(cc43)c3ccccc3n5-c3cccc(-c4ccccn4)n3)n2)cc1. The van der Waals surface area contributed by atoms with Crippen LogP contribution in [0.25, 0.3) is 77.9 Å². The molecule has 206 valence electrons. The zero-order valence-corrected chi connectivity index (χ0v) is 23.7. The molecular weight excluding hydrogens is 538 g/mol. The highest BCUT2D eigenvalue weighted by Gasteiger charge is 2.19. The minimum atomic E-state index is 0.844. The first kappa shape index (κ1) is 24.5. The lowest BCUT2D eigenvalue weighted by Crippen LogP contribution is -1.99. The predicted molar refractivity (Wildman–Crippen MR) is 179 cm³/mol. The molecule has 5 heterocycles. The molecule has 0 N–H and O–H groups in total. The van der Waals surface area contributed by atoms with Gasteiger partial charge in [0.1, 0.15) is 11.6 Å². The first-order valence-corrected chi connectivity index (χ1v) is 14.7. The second kappa shape index (κ2) is 9.75. The number of aromatic nitrogens is 5. The molecule has 9 rings (SSSR count). The highest BCUT2D eigenvalue weighted by Crippen LogP contribution is 2.39. The third-order valence-electron chi connectivity index (χ3n) is 8.39. The van der Waals surface area contributed by atoms with Crippen molar-refractivity contribution in [3.05, 3.63) is 152 Å². The van der Waals surface area contributed by atoms with Crippen molar-refractivity contribution < 1.29 is 0 Å². The van der Waals surface area contributed by atoms with Gasteiger partial charge in [-0.15, -0.1) is 0 Å². The maximum absolute atomic E-state index is 5.16. The lowest BCUT2D eigenvalue weighted by atomic mass is 10.1. The van der Waals surface area contributed by atoms with Gasteiger partial charge in [0.25, 0.3) is 0 Å². The number of benzene rings is 4. The molecule has 0 fully saturated rings. The Bertz CT molecular complexity index is 2310. The van der Waals surface area contributed by atoms with E-state index in [1.807, 2.05) is 30.3 Å². The van der Waals surface area contributed by atoms with Crippen molar-refractivity contribution in [2.75, 3.05) is 0 Å². The van der Waals surface area contributed by atoms with E-state index in [0.717, 1.165) is 56.3 Å². The number of hydrogen-bond donors (Lipinski definition) is 0. The van der Waals surface area contributed by atoms with E-state index in [2.05, 4.69) is 129 Å². The van der Waals surface area contributed by atoms with Crippen LogP contribution in [-0.2, 0) is 0 Å².